The van der Waals surface area contributed by atoms with Crippen molar-refractivity contribution >= 4 is 28.4 Å². The summed E-state index contributed by atoms with van der Waals surface area (Å²) >= 11 is 1.77. The predicted molar refractivity (Wildman–Crippen MR) is 58.9 cm³/mol. The van der Waals surface area contributed by atoms with Gasteiger partial charge in [0.2, 0.25) is 0 Å². The summed E-state index contributed by atoms with van der Waals surface area (Å²) in [5.74, 6) is -0.350. The average Bonchev–Trinajstić information content (AvgIpc) is 2.06. The molecule has 0 aromatic heterocycles. The van der Waals surface area contributed by atoms with E-state index in [9.17, 15) is 18.0 Å². The Balaban J connectivity index is 3.49. The van der Waals surface area contributed by atoms with E-state index in [1.54, 1.807) is 22.6 Å². The minimum atomic E-state index is -4.41. The third-order valence-electron chi connectivity index (χ3n) is 2.06. The molecule has 0 saturated carbocycles. The van der Waals surface area contributed by atoms with E-state index in [-0.39, 0.29) is 16.9 Å². The molecular weight excluding hydrogens is 320 g/mol. The van der Waals surface area contributed by atoms with Crippen molar-refractivity contribution in [3.63, 3.8) is 0 Å². The Hall–Kier alpha value is -0.590. The van der Waals surface area contributed by atoms with Crippen LogP contribution in [0.15, 0.2) is 12.1 Å². The first-order chi connectivity index (χ1) is 6.73. The van der Waals surface area contributed by atoms with E-state index in [2.05, 4.69) is 0 Å². The van der Waals surface area contributed by atoms with Crippen molar-refractivity contribution in [2.24, 2.45) is 0 Å². The summed E-state index contributed by atoms with van der Waals surface area (Å²) in [5, 5.41) is 0. The molecule has 0 fully saturated rings. The van der Waals surface area contributed by atoms with Gasteiger partial charge < -0.3 is 0 Å². The maximum Gasteiger partial charge on any atom is 0.416 e. The summed E-state index contributed by atoms with van der Waals surface area (Å²) in [6.07, 6.45) is -4.41. The third-order valence-corrected chi connectivity index (χ3v) is 2.68. The number of ketones is 1. The molecular formula is C10H8F3IO. The lowest BCUT2D eigenvalue weighted by molar-refractivity contribution is -0.138. The van der Waals surface area contributed by atoms with Gasteiger partial charge in [0.1, 0.15) is 0 Å². The summed E-state index contributed by atoms with van der Waals surface area (Å²) in [5.41, 5.74) is -0.607. The van der Waals surface area contributed by atoms with Crippen LogP contribution in [0, 0.1) is 10.5 Å². The normalized spacial score (nSPS) is 11.6. The minimum absolute atomic E-state index is 0.00424. The second-order valence-electron chi connectivity index (χ2n) is 3.18. The largest absolute Gasteiger partial charge is 0.416 e. The first kappa shape index (κ1) is 12.5. The zero-order valence-corrected chi connectivity index (χ0v) is 10.2. The van der Waals surface area contributed by atoms with Gasteiger partial charge in [-0.2, -0.15) is 13.2 Å². The van der Waals surface area contributed by atoms with Crippen molar-refractivity contribution in [3.05, 3.63) is 32.4 Å². The molecule has 1 rings (SSSR count). The second-order valence-corrected chi connectivity index (χ2v) is 4.43. The van der Waals surface area contributed by atoms with E-state index >= 15 is 0 Å². The topological polar surface area (TPSA) is 17.1 Å². The van der Waals surface area contributed by atoms with Crippen LogP contribution < -0.4 is 0 Å². The Morgan fingerprint density at radius 3 is 2.27 bits per heavy atom. The van der Waals surface area contributed by atoms with Crippen molar-refractivity contribution in [1.29, 1.82) is 0 Å². The maximum absolute atomic E-state index is 12.6. The first-order valence-corrected chi connectivity index (χ1v) is 5.19. The van der Waals surface area contributed by atoms with Gasteiger partial charge >= 0.3 is 6.18 Å². The van der Waals surface area contributed by atoms with Gasteiger partial charge in [0.25, 0.3) is 0 Å². The lowest BCUT2D eigenvalue weighted by atomic mass is 10.00. The highest BCUT2D eigenvalue weighted by Gasteiger charge is 2.33. The fourth-order valence-electron chi connectivity index (χ4n) is 1.34. The molecule has 1 aromatic carbocycles. The number of rotatable bonds is 1. The van der Waals surface area contributed by atoms with Crippen molar-refractivity contribution in [2.75, 3.05) is 0 Å². The average molecular weight is 328 g/mol. The van der Waals surface area contributed by atoms with E-state index in [4.69, 9.17) is 0 Å². The Morgan fingerprint density at radius 1 is 1.33 bits per heavy atom. The molecule has 0 amide bonds. The van der Waals surface area contributed by atoms with Crippen molar-refractivity contribution < 1.29 is 18.0 Å². The van der Waals surface area contributed by atoms with Crippen LogP contribution in [0.4, 0.5) is 13.2 Å². The number of carbonyl (C=O) groups is 1. The van der Waals surface area contributed by atoms with E-state index in [0.29, 0.717) is 3.57 Å². The number of halogens is 4. The number of alkyl halides is 3. The molecule has 0 unspecified atom stereocenters. The van der Waals surface area contributed by atoms with Crippen LogP contribution in [0.3, 0.4) is 0 Å². The molecule has 15 heavy (non-hydrogen) atoms. The van der Waals surface area contributed by atoms with E-state index in [1.165, 1.54) is 19.9 Å². The summed E-state index contributed by atoms with van der Waals surface area (Å²) in [7, 11) is 0. The number of Topliss-reactive ketones (excluding diaryl/α,β-unsaturated/α-hetero) is 1. The monoisotopic (exact) mass is 328 g/mol. The zero-order chi connectivity index (χ0) is 11.8. The maximum atomic E-state index is 12.6. The minimum Gasteiger partial charge on any atom is -0.295 e. The number of hydrogen-bond acceptors (Lipinski definition) is 1. The van der Waals surface area contributed by atoms with Gasteiger partial charge in [-0.1, -0.05) is 0 Å². The van der Waals surface area contributed by atoms with Gasteiger partial charge in [0.05, 0.1) is 5.56 Å². The van der Waals surface area contributed by atoms with Gasteiger partial charge in [-0.15, -0.1) is 0 Å². The molecule has 0 bridgehead atoms. The van der Waals surface area contributed by atoms with Gasteiger partial charge in [-0.25, -0.2) is 0 Å². The standard InChI is InChI=1S/C10H8F3IO/c1-5-8(6(2)15)3-7(14)4-9(5)10(11,12)13/h3-4H,1-2H3. The number of carbonyl (C=O) groups excluding carboxylic acids is 1. The Morgan fingerprint density at radius 2 is 1.87 bits per heavy atom. The summed E-state index contributed by atoms with van der Waals surface area (Å²) in [6.45, 7) is 2.58. The lowest BCUT2D eigenvalue weighted by Crippen LogP contribution is -2.11. The molecule has 1 nitrogen and oxygen atoms in total. The van der Waals surface area contributed by atoms with Crippen molar-refractivity contribution in [3.8, 4) is 0 Å². The lowest BCUT2D eigenvalue weighted by Gasteiger charge is -2.13. The molecule has 82 valence electrons. The fraction of sp³-hybridized carbons (Fsp3) is 0.300. The van der Waals surface area contributed by atoms with Gasteiger partial charge in [-0.3, -0.25) is 4.79 Å². The molecule has 0 spiro atoms. The van der Waals surface area contributed by atoms with Crippen LogP contribution in [0.5, 0.6) is 0 Å². The highest BCUT2D eigenvalue weighted by molar-refractivity contribution is 14.1. The molecule has 0 atom stereocenters. The molecule has 0 aliphatic rings. The summed E-state index contributed by atoms with van der Waals surface area (Å²) < 4.78 is 38.1. The number of benzene rings is 1. The molecule has 0 heterocycles. The SMILES string of the molecule is CC(=O)c1cc(I)cc(C(F)(F)F)c1C. The quantitative estimate of drug-likeness (QED) is 0.566. The summed E-state index contributed by atoms with van der Waals surface area (Å²) in [4.78, 5) is 11.1. The number of hydrogen-bond donors (Lipinski definition) is 0. The second kappa shape index (κ2) is 4.11. The van der Waals surface area contributed by atoms with E-state index < -0.39 is 11.7 Å². The molecule has 1 aromatic rings. The molecule has 0 saturated heterocycles. The molecule has 0 aliphatic heterocycles. The van der Waals surface area contributed by atoms with E-state index in [1.807, 2.05) is 0 Å². The molecule has 5 heteroatoms. The highest BCUT2D eigenvalue weighted by atomic mass is 127. The molecule has 0 aliphatic carbocycles. The third kappa shape index (κ3) is 2.70. The predicted octanol–water partition coefficient (Wildman–Crippen LogP) is 3.82. The van der Waals surface area contributed by atoms with Gasteiger partial charge in [0.15, 0.2) is 5.78 Å². The van der Waals surface area contributed by atoms with Gasteiger partial charge in [-0.05, 0) is 54.1 Å². The van der Waals surface area contributed by atoms with Crippen LogP contribution in [0.2, 0.25) is 0 Å². The van der Waals surface area contributed by atoms with Gasteiger partial charge in [0, 0.05) is 9.13 Å². The zero-order valence-electron chi connectivity index (χ0n) is 8.07. The Kier molecular flexibility index (Phi) is 3.42. The van der Waals surface area contributed by atoms with Crippen LogP contribution in [0.25, 0.3) is 0 Å². The Bertz CT molecular complexity index is 410. The van der Waals surface area contributed by atoms with Crippen molar-refractivity contribution in [2.45, 2.75) is 20.0 Å². The van der Waals surface area contributed by atoms with E-state index in [0.717, 1.165) is 6.07 Å². The molecule has 0 N–H and O–H groups in total. The smallest absolute Gasteiger partial charge is 0.295 e. The van der Waals surface area contributed by atoms with Crippen LogP contribution in [-0.2, 0) is 6.18 Å². The first-order valence-electron chi connectivity index (χ1n) is 4.11. The molecule has 0 radical (unpaired) electrons. The van der Waals surface area contributed by atoms with Crippen LogP contribution in [-0.4, -0.2) is 5.78 Å². The van der Waals surface area contributed by atoms with Crippen LogP contribution in [0.1, 0.15) is 28.4 Å². The fourth-order valence-corrected chi connectivity index (χ4v) is 1.96. The Labute approximate surface area is 98.8 Å². The summed E-state index contributed by atoms with van der Waals surface area (Å²) in [6, 6.07) is 2.51. The van der Waals surface area contributed by atoms with Crippen molar-refractivity contribution in [1.82, 2.24) is 0 Å². The highest BCUT2D eigenvalue weighted by Crippen LogP contribution is 2.34. The van der Waals surface area contributed by atoms with Crippen LogP contribution >= 0.6 is 22.6 Å².